The minimum absolute atomic E-state index is 0.00157. The summed E-state index contributed by atoms with van der Waals surface area (Å²) >= 11 is 0. The Bertz CT molecular complexity index is 1320. The standard InChI is InChI=1S/C73H137NO5/c1-3-5-7-9-11-13-15-17-19-20-32-35-38-41-45-49-53-57-61-65-71(76)70(69-75)74-72(77)66-62-58-54-50-46-42-39-36-33-30-28-26-24-22-21-23-25-27-29-31-34-37-40-44-48-52-56-60-64-68-79-73(78)67-63-59-55-51-47-43-18-16-14-12-10-8-6-4-2/h10,12,16,18,21,23,61,65,70-71,75-76H,3-9,11,13-15,17,19-20,22,24-60,62-64,66-69H2,1-2H3,(H,74,77)/b12-10-,18-16-,23-21-,65-61+. The van der Waals surface area contributed by atoms with E-state index in [2.05, 4.69) is 55.6 Å². The van der Waals surface area contributed by atoms with Gasteiger partial charge in [-0.3, -0.25) is 9.59 Å². The second-order valence-electron chi connectivity index (χ2n) is 24.2. The summed E-state index contributed by atoms with van der Waals surface area (Å²) in [5.41, 5.74) is 0. The number of allylic oxidation sites excluding steroid dienone is 7. The van der Waals surface area contributed by atoms with Gasteiger partial charge < -0.3 is 20.3 Å². The molecule has 2 atom stereocenters. The fraction of sp³-hybridized carbons (Fsp3) is 0.863. The lowest BCUT2D eigenvalue weighted by molar-refractivity contribution is -0.143. The Morgan fingerprint density at radius 1 is 0.354 bits per heavy atom. The average molecular weight is 1110 g/mol. The Hall–Kier alpha value is -2.18. The van der Waals surface area contributed by atoms with Crippen molar-refractivity contribution in [3.05, 3.63) is 48.6 Å². The number of amides is 1. The van der Waals surface area contributed by atoms with Crippen LogP contribution >= 0.6 is 0 Å². The molecular weight excluding hydrogens is 971 g/mol. The third-order valence-corrected chi connectivity index (χ3v) is 16.3. The van der Waals surface area contributed by atoms with Crippen LogP contribution in [-0.2, 0) is 14.3 Å². The molecule has 2 unspecified atom stereocenters. The molecule has 6 heteroatoms. The van der Waals surface area contributed by atoms with E-state index in [1.807, 2.05) is 6.08 Å². The van der Waals surface area contributed by atoms with Gasteiger partial charge in [-0.05, 0) is 83.5 Å². The van der Waals surface area contributed by atoms with Gasteiger partial charge in [0.05, 0.1) is 25.4 Å². The zero-order chi connectivity index (χ0) is 57.1. The van der Waals surface area contributed by atoms with Gasteiger partial charge in [-0.1, -0.05) is 332 Å². The second kappa shape index (κ2) is 68.3. The molecule has 0 saturated heterocycles. The molecule has 0 saturated carbocycles. The van der Waals surface area contributed by atoms with Crippen molar-refractivity contribution in [3.63, 3.8) is 0 Å². The lowest BCUT2D eigenvalue weighted by Gasteiger charge is -2.20. The maximum Gasteiger partial charge on any atom is 0.305 e. The normalized spacial score (nSPS) is 12.8. The van der Waals surface area contributed by atoms with E-state index in [-0.39, 0.29) is 18.5 Å². The summed E-state index contributed by atoms with van der Waals surface area (Å²) in [4.78, 5) is 24.6. The highest BCUT2D eigenvalue weighted by Crippen LogP contribution is 2.18. The van der Waals surface area contributed by atoms with E-state index in [9.17, 15) is 19.8 Å². The number of hydrogen-bond donors (Lipinski definition) is 3. The molecule has 0 aromatic heterocycles. The fourth-order valence-electron chi connectivity index (χ4n) is 10.9. The topological polar surface area (TPSA) is 95.9 Å². The Morgan fingerprint density at radius 3 is 1.01 bits per heavy atom. The minimum Gasteiger partial charge on any atom is -0.466 e. The van der Waals surface area contributed by atoms with Gasteiger partial charge in [-0.25, -0.2) is 0 Å². The molecular formula is C73H137NO5. The summed E-state index contributed by atoms with van der Waals surface area (Å²) in [5.74, 6) is -0.0628. The molecule has 6 nitrogen and oxygen atoms in total. The molecule has 0 aliphatic rings. The zero-order valence-corrected chi connectivity index (χ0v) is 53.1. The van der Waals surface area contributed by atoms with Gasteiger partial charge >= 0.3 is 5.97 Å². The molecule has 0 heterocycles. The van der Waals surface area contributed by atoms with Gasteiger partial charge in [0, 0.05) is 12.8 Å². The number of aliphatic hydroxyl groups excluding tert-OH is 2. The van der Waals surface area contributed by atoms with Crippen LogP contribution in [0, 0.1) is 0 Å². The second-order valence-corrected chi connectivity index (χ2v) is 24.2. The maximum absolute atomic E-state index is 12.5. The lowest BCUT2D eigenvalue weighted by atomic mass is 10.0. The third kappa shape index (κ3) is 64.8. The number of nitrogens with one attached hydrogen (secondary N) is 1. The van der Waals surface area contributed by atoms with E-state index in [1.165, 1.54) is 302 Å². The van der Waals surface area contributed by atoms with Crippen LogP contribution in [0.2, 0.25) is 0 Å². The maximum atomic E-state index is 12.5. The predicted molar refractivity (Wildman–Crippen MR) is 347 cm³/mol. The molecule has 0 rings (SSSR count). The summed E-state index contributed by atoms with van der Waals surface area (Å²) in [6.07, 6.45) is 89.0. The zero-order valence-electron chi connectivity index (χ0n) is 53.1. The van der Waals surface area contributed by atoms with Crippen LogP contribution in [-0.4, -0.2) is 47.4 Å². The summed E-state index contributed by atoms with van der Waals surface area (Å²) in [7, 11) is 0. The van der Waals surface area contributed by atoms with Crippen LogP contribution < -0.4 is 5.32 Å². The Kier molecular flexibility index (Phi) is 66.4. The number of aliphatic hydroxyl groups is 2. The highest BCUT2D eigenvalue weighted by atomic mass is 16.5. The van der Waals surface area contributed by atoms with Gasteiger partial charge in [0.25, 0.3) is 0 Å². The molecule has 79 heavy (non-hydrogen) atoms. The van der Waals surface area contributed by atoms with E-state index in [4.69, 9.17) is 4.74 Å². The van der Waals surface area contributed by atoms with Gasteiger partial charge in [0.15, 0.2) is 0 Å². The number of ether oxygens (including phenoxy) is 1. The molecule has 0 aromatic carbocycles. The number of carbonyl (C=O) groups excluding carboxylic acids is 2. The van der Waals surface area contributed by atoms with Crippen LogP contribution in [0.15, 0.2) is 48.6 Å². The first-order chi connectivity index (χ1) is 39.0. The van der Waals surface area contributed by atoms with Crippen molar-refractivity contribution >= 4 is 11.9 Å². The highest BCUT2D eigenvalue weighted by Gasteiger charge is 2.18. The number of carbonyl (C=O) groups is 2. The van der Waals surface area contributed by atoms with E-state index in [0.717, 1.165) is 51.4 Å². The van der Waals surface area contributed by atoms with E-state index >= 15 is 0 Å². The monoisotopic (exact) mass is 1110 g/mol. The van der Waals surface area contributed by atoms with Crippen LogP contribution in [0.3, 0.4) is 0 Å². The van der Waals surface area contributed by atoms with Crippen LogP contribution in [0.4, 0.5) is 0 Å². The molecule has 3 N–H and O–H groups in total. The Balaban J connectivity index is 3.40. The van der Waals surface area contributed by atoms with Crippen molar-refractivity contribution in [2.45, 2.75) is 392 Å². The third-order valence-electron chi connectivity index (χ3n) is 16.3. The van der Waals surface area contributed by atoms with Crippen LogP contribution in [0.5, 0.6) is 0 Å². The summed E-state index contributed by atoms with van der Waals surface area (Å²) in [5, 5.41) is 23.2. The van der Waals surface area contributed by atoms with E-state index in [0.29, 0.717) is 19.4 Å². The summed E-state index contributed by atoms with van der Waals surface area (Å²) in [6.45, 7) is 4.89. The fourth-order valence-corrected chi connectivity index (χ4v) is 10.9. The van der Waals surface area contributed by atoms with Gasteiger partial charge in [-0.15, -0.1) is 0 Å². The molecule has 1 amide bonds. The molecule has 0 fully saturated rings. The average Bonchev–Trinajstić information content (AvgIpc) is 3.45. The molecule has 0 spiro atoms. The van der Waals surface area contributed by atoms with Crippen molar-refractivity contribution in [1.82, 2.24) is 5.32 Å². The van der Waals surface area contributed by atoms with Crippen molar-refractivity contribution in [2.75, 3.05) is 13.2 Å². The summed E-state index contributed by atoms with van der Waals surface area (Å²) in [6, 6.07) is -0.629. The number of esters is 1. The van der Waals surface area contributed by atoms with E-state index in [1.54, 1.807) is 6.08 Å². The number of unbranched alkanes of at least 4 members (excludes halogenated alkanes) is 49. The van der Waals surface area contributed by atoms with E-state index < -0.39 is 12.1 Å². The minimum atomic E-state index is -0.845. The first kappa shape index (κ1) is 76.8. The molecule has 0 aromatic rings. The Morgan fingerprint density at radius 2 is 0.646 bits per heavy atom. The first-order valence-electron chi connectivity index (χ1n) is 35.4. The lowest BCUT2D eigenvalue weighted by Crippen LogP contribution is -2.45. The molecule has 0 bridgehead atoms. The van der Waals surface area contributed by atoms with Gasteiger partial charge in [0.1, 0.15) is 0 Å². The highest BCUT2D eigenvalue weighted by molar-refractivity contribution is 5.76. The van der Waals surface area contributed by atoms with Crippen molar-refractivity contribution in [3.8, 4) is 0 Å². The molecule has 464 valence electrons. The van der Waals surface area contributed by atoms with Crippen molar-refractivity contribution < 1.29 is 24.5 Å². The van der Waals surface area contributed by atoms with Crippen LogP contribution in [0.25, 0.3) is 0 Å². The van der Waals surface area contributed by atoms with Crippen molar-refractivity contribution in [1.29, 1.82) is 0 Å². The Labute approximate surface area is 493 Å². The molecule has 0 aliphatic heterocycles. The largest absolute Gasteiger partial charge is 0.466 e. The smallest absolute Gasteiger partial charge is 0.305 e. The van der Waals surface area contributed by atoms with Gasteiger partial charge in [-0.2, -0.15) is 0 Å². The predicted octanol–water partition coefficient (Wildman–Crippen LogP) is 22.9. The number of rotatable bonds is 66. The molecule has 0 aliphatic carbocycles. The first-order valence-corrected chi connectivity index (χ1v) is 35.4. The number of hydrogen-bond acceptors (Lipinski definition) is 5. The van der Waals surface area contributed by atoms with Crippen molar-refractivity contribution in [2.24, 2.45) is 0 Å². The SMILES string of the molecule is CCCC/C=C\C/C=C\CCCCCCCC(=O)OCCCCCCCCCCCCCC/C=C\CCCCCCCCCCCCCCCC(=O)NC(CO)C(O)/C=C/CCCCCCCCCCCCCCCCCCC. The molecule has 0 radical (unpaired) electrons. The van der Waals surface area contributed by atoms with Crippen LogP contribution in [0.1, 0.15) is 380 Å². The quantitative estimate of drug-likeness (QED) is 0.0320. The summed E-state index contributed by atoms with van der Waals surface area (Å²) < 4.78 is 5.48. The van der Waals surface area contributed by atoms with Gasteiger partial charge in [0.2, 0.25) is 5.91 Å².